The summed E-state index contributed by atoms with van der Waals surface area (Å²) in [5.41, 5.74) is 0. The van der Waals surface area contributed by atoms with Crippen molar-refractivity contribution in [3.05, 3.63) is 23.7 Å². The lowest BCUT2D eigenvalue weighted by Gasteiger charge is -2.33. The minimum absolute atomic E-state index is 0. The van der Waals surface area contributed by atoms with Crippen molar-refractivity contribution < 1.29 is 9.15 Å². The number of guanidine groups is 1. The van der Waals surface area contributed by atoms with Gasteiger partial charge in [0.25, 0.3) is 0 Å². The molecule has 2 N–H and O–H groups in total. The van der Waals surface area contributed by atoms with E-state index in [0.717, 1.165) is 56.9 Å². The van der Waals surface area contributed by atoms with E-state index in [1.165, 1.54) is 18.6 Å². The predicted octanol–water partition coefficient (Wildman–Crippen LogP) is 2.64. The smallest absolute Gasteiger partial charge is 0.191 e. The van der Waals surface area contributed by atoms with E-state index in [4.69, 9.17) is 9.15 Å². The van der Waals surface area contributed by atoms with Crippen LogP contribution in [0.15, 0.2) is 21.5 Å². The fraction of sp³-hybridized carbons (Fsp3) is 0.722. The van der Waals surface area contributed by atoms with Crippen LogP contribution in [0.3, 0.4) is 0 Å². The zero-order valence-corrected chi connectivity index (χ0v) is 18.8. The number of rotatable bonds is 6. The first-order valence-corrected chi connectivity index (χ1v) is 10.3. The van der Waals surface area contributed by atoms with Crippen molar-refractivity contribution in [2.45, 2.75) is 31.1 Å². The molecule has 1 aromatic rings. The number of ether oxygens (including phenoxy) is 1. The first-order valence-electron chi connectivity index (χ1n) is 9.20. The highest BCUT2D eigenvalue weighted by atomic mass is 127. The molecule has 2 aliphatic rings. The molecule has 0 spiro atoms. The number of hydrogen-bond donors (Lipinski definition) is 2. The summed E-state index contributed by atoms with van der Waals surface area (Å²) < 4.78 is 11.4. The monoisotopic (exact) mass is 494 g/mol. The highest BCUT2D eigenvalue weighted by Gasteiger charge is 2.25. The summed E-state index contributed by atoms with van der Waals surface area (Å²) in [6.45, 7) is 7.15. The summed E-state index contributed by atoms with van der Waals surface area (Å²) in [7, 11) is 1.83. The topological polar surface area (TPSA) is 62.0 Å². The highest BCUT2D eigenvalue weighted by molar-refractivity contribution is 14.0. The van der Waals surface area contributed by atoms with Gasteiger partial charge in [0.15, 0.2) is 5.96 Å². The van der Waals surface area contributed by atoms with Crippen molar-refractivity contribution >= 4 is 41.7 Å². The lowest BCUT2D eigenvalue weighted by atomic mass is 10.1. The number of nitrogens with zero attached hydrogens (tertiary/aromatic N) is 2. The molecule has 1 aromatic heterocycles. The van der Waals surface area contributed by atoms with Crippen molar-refractivity contribution in [1.29, 1.82) is 0 Å². The minimum atomic E-state index is 0. The Balaban J connectivity index is 0.00000243. The van der Waals surface area contributed by atoms with E-state index in [-0.39, 0.29) is 30.0 Å². The van der Waals surface area contributed by atoms with Gasteiger partial charge in [0.2, 0.25) is 0 Å². The molecule has 2 atom stereocenters. The molecule has 0 radical (unpaired) electrons. The van der Waals surface area contributed by atoms with Crippen LogP contribution in [0.4, 0.5) is 0 Å². The van der Waals surface area contributed by atoms with Crippen LogP contribution in [0.25, 0.3) is 0 Å². The van der Waals surface area contributed by atoms with Crippen LogP contribution in [0.1, 0.15) is 30.4 Å². The Morgan fingerprint density at radius 2 is 2.15 bits per heavy atom. The van der Waals surface area contributed by atoms with Gasteiger partial charge in [-0.05, 0) is 37.7 Å². The summed E-state index contributed by atoms with van der Waals surface area (Å²) in [5, 5.41) is 7.67. The van der Waals surface area contributed by atoms with Crippen LogP contribution in [-0.2, 0) is 4.74 Å². The second-order valence-corrected chi connectivity index (χ2v) is 7.99. The lowest BCUT2D eigenvalue weighted by molar-refractivity contribution is 0.0124. The summed E-state index contributed by atoms with van der Waals surface area (Å²) in [4.78, 5) is 6.80. The number of nitrogens with one attached hydrogen (secondary N) is 2. The number of halogens is 1. The molecule has 3 heterocycles. The van der Waals surface area contributed by atoms with Crippen LogP contribution in [0.5, 0.6) is 0 Å². The van der Waals surface area contributed by atoms with Crippen molar-refractivity contribution in [3.63, 3.8) is 0 Å². The summed E-state index contributed by atoms with van der Waals surface area (Å²) in [6, 6.07) is 4.31. The number of morpholine rings is 1. The first-order chi connectivity index (χ1) is 12.3. The average Bonchev–Trinajstić information content (AvgIpc) is 3.30. The maximum atomic E-state index is 5.92. The van der Waals surface area contributed by atoms with Gasteiger partial charge >= 0.3 is 0 Å². The summed E-state index contributed by atoms with van der Waals surface area (Å²) >= 11 is 2.06. The van der Waals surface area contributed by atoms with Gasteiger partial charge in [-0.1, -0.05) is 0 Å². The third kappa shape index (κ3) is 6.31. The molecule has 26 heavy (non-hydrogen) atoms. The molecule has 3 rings (SSSR count). The Hall–Kier alpha value is -0.450. The molecule has 2 unspecified atom stereocenters. The van der Waals surface area contributed by atoms with Gasteiger partial charge in [0.05, 0.1) is 19.3 Å². The standard InChI is InChI=1S/C18H30N4O2S.HI/c1-14-5-6-17(24-14)16(22-7-9-23-10-8-22)13-21-18(19-2)20-12-15-4-3-11-25-15;/h5-6,15-16H,3-4,7-13H2,1-2H3,(H2,19,20,21);1H. The summed E-state index contributed by atoms with van der Waals surface area (Å²) in [6.07, 6.45) is 2.64. The molecular weight excluding hydrogens is 463 g/mol. The Morgan fingerprint density at radius 1 is 1.35 bits per heavy atom. The maximum absolute atomic E-state index is 5.92. The molecule has 2 saturated heterocycles. The van der Waals surface area contributed by atoms with Crippen molar-refractivity contribution in [2.24, 2.45) is 4.99 Å². The molecule has 8 heteroatoms. The molecule has 2 fully saturated rings. The van der Waals surface area contributed by atoms with Gasteiger partial charge in [-0.15, -0.1) is 24.0 Å². The van der Waals surface area contributed by atoms with Crippen molar-refractivity contribution in [1.82, 2.24) is 15.5 Å². The van der Waals surface area contributed by atoms with Gasteiger partial charge in [0, 0.05) is 38.5 Å². The second kappa shape index (κ2) is 11.4. The molecule has 0 amide bonds. The molecule has 0 aromatic carbocycles. The zero-order valence-electron chi connectivity index (χ0n) is 15.7. The van der Waals surface area contributed by atoms with Crippen molar-refractivity contribution in [2.75, 3.05) is 52.2 Å². The van der Waals surface area contributed by atoms with Crippen LogP contribution in [-0.4, -0.2) is 68.3 Å². The van der Waals surface area contributed by atoms with Gasteiger partial charge < -0.3 is 19.8 Å². The van der Waals surface area contributed by atoms with Crippen LogP contribution in [0, 0.1) is 6.92 Å². The average molecular weight is 494 g/mol. The van der Waals surface area contributed by atoms with Crippen LogP contribution < -0.4 is 10.6 Å². The van der Waals surface area contributed by atoms with Gasteiger partial charge in [-0.2, -0.15) is 11.8 Å². The van der Waals surface area contributed by atoms with E-state index >= 15 is 0 Å². The van der Waals surface area contributed by atoms with E-state index in [1.807, 2.05) is 20.0 Å². The molecular formula is C18H31IN4O2S. The van der Waals surface area contributed by atoms with Crippen LogP contribution >= 0.6 is 35.7 Å². The van der Waals surface area contributed by atoms with E-state index in [0.29, 0.717) is 5.25 Å². The Morgan fingerprint density at radius 3 is 2.77 bits per heavy atom. The second-order valence-electron chi connectivity index (χ2n) is 6.58. The van der Waals surface area contributed by atoms with E-state index in [9.17, 15) is 0 Å². The Kier molecular flexibility index (Phi) is 9.58. The zero-order chi connectivity index (χ0) is 17.5. The number of aliphatic imine (C=N–C) groups is 1. The SMILES string of the molecule is CN=C(NCC1CCCS1)NCC(c1ccc(C)o1)N1CCOCC1.I. The minimum Gasteiger partial charge on any atom is -0.465 e. The normalized spacial score (nSPS) is 22.7. The molecule has 6 nitrogen and oxygen atoms in total. The quantitative estimate of drug-likeness (QED) is 0.360. The van der Waals surface area contributed by atoms with E-state index in [1.54, 1.807) is 0 Å². The number of aryl methyl sites for hydroxylation is 1. The van der Waals surface area contributed by atoms with E-state index < -0.39 is 0 Å². The first kappa shape index (κ1) is 21.8. The fourth-order valence-corrected chi connectivity index (χ4v) is 4.56. The fourth-order valence-electron chi connectivity index (χ4n) is 3.36. The lowest BCUT2D eigenvalue weighted by Crippen LogP contribution is -2.47. The van der Waals surface area contributed by atoms with Crippen molar-refractivity contribution in [3.8, 4) is 0 Å². The van der Waals surface area contributed by atoms with Gasteiger partial charge in [0.1, 0.15) is 11.5 Å². The molecule has 0 aliphatic carbocycles. The number of hydrogen-bond acceptors (Lipinski definition) is 5. The third-order valence-corrected chi connectivity index (χ3v) is 6.18. The molecule has 0 saturated carbocycles. The maximum Gasteiger partial charge on any atom is 0.191 e. The van der Waals surface area contributed by atoms with Gasteiger partial charge in [-0.3, -0.25) is 9.89 Å². The molecule has 148 valence electrons. The largest absolute Gasteiger partial charge is 0.465 e. The highest BCUT2D eigenvalue weighted by Crippen LogP contribution is 2.25. The van der Waals surface area contributed by atoms with Crippen LogP contribution in [0.2, 0.25) is 0 Å². The third-order valence-electron chi connectivity index (χ3n) is 4.78. The number of thioether (sulfide) groups is 1. The summed E-state index contributed by atoms with van der Waals surface area (Å²) in [5.74, 6) is 4.12. The predicted molar refractivity (Wildman–Crippen MR) is 119 cm³/mol. The molecule has 0 bridgehead atoms. The Labute approximate surface area is 177 Å². The number of furan rings is 1. The van der Waals surface area contributed by atoms with Gasteiger partial charge in [-0.25, -0.2) is 0 Å². The van der Waals surface area contributed by atoms with E-state index in [2.05, 4.69) is 38.4 Å². The molecule has 2 aliphatic heterocycles. The Bertz CT molecular complexity index is 557.